The third-order valence-corrected chi connectivity index (χ3v) is 3.15. The third kappa shape index (κ3) is 4.86. The molecular formula is C14H23ClN2. The highest BCUT2D eigenvalue weighted by Crippen LogP contribution is 2.25. The second kappa shape index (κ2) is 7.44. The zero-order chi connectivity index (χ0) is 12.7. The van der Waals surface area contributed by atoms with Crippen molar-refractivity contribution in [3.8, 4) is 0 Å². The lowest BCUT2D eigenvalue weighted by atomic mass is 10.0. The summed E-state index contributed by atoms with van der Waals surface area (Å²) in [4.78, 5) is 0. The maximum atomic E-state index is 5.99. The minimum absolute atomic E-state index is 0.501. The van der Waals surface area contributed by atoms with Gasteiger partial charge in [-0.15, -0.1) is 0 Å². The summed E-state index contributed by atoms with van der Waals surface area (Å²) in [7, 11) is 0. The van der Waals surface area contributed by atoms with Crippen LogP contribution in [-0.4, -0.2) is 6.04 Å². The van der Waals surface area contributed by atoms with Crippen molar-refractivity contribution >= 4 is 23.0 Å². The quantitative estimate of drug-likeness (QED) is 0.693. The molecule has 0 fully saturated rings. The Morgan fingerprint density at radius 1 is 1.24 bits per heavy atom. The van der Waals surface area contributed by atoms with Crippen LogP contribution in [0.1, 0.15) is 46.0 Å². The van der Waals surface area contributed by atoms with E-state index < -0.39 is 0 Å². The Kier molecular flexibility index (Phi) is 6.20. The topological polar surface area (TPSA) is 38.0 Å². The average molecular weight is 255 g/mol. The maximum Gasteiger partial charge on any atom is 0.0590 e. The summed E-state index contributed by atoms with van der Waals surface area (Å²) in [6.45, 7) is 4.43. The van der Waals surface area contributed by atoms with E-state index in [1.165, 1.54) is 32.1 Å². The predicted octanol–water partition coefficient (Wildman–Crippen LogP) is 4.69. The van der Waals surface area contributed by atoms with Crippen molar-refractivity contribution in [1.29, 1.82) is 0 Å². The lowest BCUT2D eigenvalue weighted by Gasteiger charge is -2.20. The molecule has 17 heavy (non-hydrogen) atoms. The standard InChI is InChI=1S/C14H23ClN2/c1-3-5-7-12(6-4-2)17-14-10-11(15)8-9-13(14)16/h8-10,12,17H,3-7,16H2,1-2H3. The number of unbranched alkanes of at least 4 members (excludes halogenated alkanes) is 1. The van der Waals surface area contributed by atoms with Crippen LogP contribution in [-0.2, 0) is 0 Å². The van der Waals surface area contributed by atoms with E-state index in [2.05, 4.69) is 19.2 Å². The molecule has 0 heterocycles. The average Bonchev–Trinajstić information content (AvgIpc) is 2.31. The molecule has 1 rings (SSSR count). The van der Waals surface area contributed by atoms with Gasteiger partial charge in [0.15, 0.2) is 0 Å². The molecule has 0 spiro atoms. The lowest BCUT2D eigenvalue weighted by Crippen LogP contribution is -2.19. The molecule has 1 aromatic carbocycles. The van der Waals surface area contributed by atoms with Gasteiger partial charge in [-0.2, -0.15) is 0 Å². The number of benzene rings is 1. The van der Waals surface area contributed by atoms with Gasteiger partial charge in [-0.1, -0.05) is 44.7 Å². The Morgan fingerprint density at radius 3 is 2.65 bits per heavy atom. The van der Waals surface area contributed by atoms with Gasteiger partial charge in [0.1, 0.15) is 0 Å². The Bertz CT molecular complexity index is 339. The summed E-state index contributed by atoms with van der Waals surface area (Å²) in [5, 5.41) is 4.24. The number of anilines is 2. The molecule has 0 amide bonds. The second-order valence-corrected chi connectivity index (χ2v) is 4.94. The van der Waals surface area contributed by atoms with Crippen LogP contribution < -0.4 is 11.1 Å². The van der Waals surface area contributed by atoms with Gasteiger partial charge in [0.05, 0.1) is 11.4 Å². The fourth-order valence-electron chi connectivity index (χ4n) is 1.96. The number of nitrogen functional groups attached to an aromatic ring is 1. The molecule has 3 N–H and O–H groups in total. The van der Waals surface area contributed by atoms with E-state index in [0.29, 0.717) is 6.04 Å². The molecule has 0 saturated heterocycles. The number of rotatable bonds is 7. The van der Waals surface area contributed by atoms with Gasteiger partial charge in [0.25, 0.3) is 0 Å². The first kappa shape index (κ1) is 14.2. The van der Waals surface area contributed by atoms with E-state index in [1.54, 1.807) is 0 Å². The van der Waals surface area contributed by atoms with Gasteiger partial charge in [-0.25, -0.2) is 0 Å². The first-order valence-corrected chi connectivity index (χ1v) is 6.86. The lowest BCUT2D eigenvalue weighted by molar-refractivity contribution is 0.564. The van der Waals surface area contributed by atoms with E-state index in [9.17, 15) is 0 Å². The van der Waals surface area contributed by atoms with Gasteiger partial charge >= 0.3 is 0 Å². The molecule has 0 radical (unpaired) electrons. The zero-order valence-corrected chi connectivity index (χ0v) is 11.6. The number of nitrogens with two attached hydrogens (primary N) is 1. The van der Waals surface area contributed by atoms with Crippen molar-refractivity contribution in [2.24, 2.45) is 0 Å². The van der Waals surface area contributed by atoms with Crippen LogP contribution in [0.5, 0.6) is 0 Å². The van der Waals surface area contributed by atoms with Crippen LogP contribution in [0.25, 0.3) is 0 Å². The number of nitrogens with one attached hydrogen (secondary N) is 1. The maximum absolute atomic E-state index is 5.99. The smallest absolute Gasteiger partial charge is 0.0590 e. The Balaban J connectivity index is 2.67. The van der Waals surface area contributed by atoms with Crippen LogP contribution >= 0.6 is 11.6 Å². The monoisotopic (exact) mass is 254 g/mol. The Hall–Kier alpha value is -0.890. The Morgan fingerprint density at radius 2 is 2.00 bits per heavy atom. The highest BCUT2D eigenvalue weighted by atomic mass is 35.5. The molecule has 0 bridgehead atoms. The van der Waals surface area contributed by atoms with Crippen molar-refractivity contribution in [3.63, 3.8) is 0 Å². The molecule has 1 aromatic rings. The van der Waals surface area contributed by atoms with Crippen LogP contribution in [0.2, 0.25) is 5.02 Å². The van der Waals surface area contributed by atoms with E-state index in [1.807, 2.05) is 18.2 Å². The molecule has 0 saturated carbocycles. The largest absolute Gasteiger partial charge is 0.397 e. The number of halogens is 1. The molecule has 0 aliphatic heterocycles. The van der Waals surface area contributed by atoms with E-state index in [4.69, 9.17) is 17.3 Å². The second-order valence-electron chi connectivity index (χ2n) is 4.50. The van der Waals surface area contributed by atoms with E-state index >= 15 is 0 Å². The van der Waals surface area contributed by atoms with E-state index in [0.717, 1.165) is 16.4 Å². The Labute approximate surface area is 110 Å². The molecular weight excluding hydrogens is 232 g/mol. The molecule has 0 aliphatic carbocycles. The van der Waals surface area contributed by atoms with Crippen molar-refractivity contribution in [2.45, 2.75) is 52.0 Å². The van der Waals surface area contributed by atoms with Crippen LogP contribution in [0, 0.1) is 0 Å². The summed E-state index contributed by atoms with van der Waals surface area (Å²) in [5.74, 6) is 0. The van der Waals surface area contributed by atoms with Crippen molar-refractivity contribution in [2.75, 3.05) is 11.1 Å². The molecule has 1 unspecified atom stereocenters. The molecule has 2 nitrogen and oxygen atoms in total. The van der Waals surface area contributed by atoms with Crippen LogP contribution in [0.15, 0.2) is 18.2 Å². The van der Waals surface area contributed by atoms with Crippen LogP contribution in [0.4, 0.5) is 11.4 Å². The first-order chi connectivity index (χ1) is 8.17. The molecule has 96 valence electrons. The predicted molar refractivity (Wildman–Crippen MR) is 77.7 cm³/mol. The summed E-state index contributed by atoms with van der Waals surface area (Å²) in [6, 6.07) is 6.09. The number of hydrogen-bond donors (Lipinski definition) is 2. The van der Waals surface area contributed by atoms with Gasteiger partial charge < -0.3 is 11.1 Å². The fraction of sp³-hybridized carbons (Fsp3) is 0.571. The first-order valence-electron chi connectivity index (χ1n) is 6.49. The summed E-state index contributed by atoms with van der Waals surface area (Å²) in [6.07, 6.45) is 6.02. The number of hydrogen-bond acceptors (Lipinski definition) is 2. The molecule has 1 atom stereocenters. The molecule has 0 aliphatic rings. The molecule has 3 heteroatoms. The van der Waals surface area contributed by atoms with Gasteiger partial charge in [-0.05, 0) is 31.0 Å². The van der Waals surface area contributed by atoms with Gasteiger partial charge in [0.2, 0.25) is 0 Å². The van der Waals surface area contributed by atoms with Crippen LogP contribution in [0.3, 0.4) is 0 Å². The SMILES string of the molecule is CCCCC(CCC)Nc1cc(Cl)ccc1N. The van der Waals surface area contributed by atoms with Crippen molar-refractivity contribution in [3.05, 3.63) is 23.2 Å². The normalized spacial score (nSPS) is 12.4. The minimum Gasteiger partial charge on any atom is -0.397 e. The highest BCUT2D eigenvalue weighted by Gasteiger charge is 2.09. The molecule has 0 aromatic heterocycles. The summed E-state index contributed by atoms with van der Waals surface area (Å²) in [5.41, 5.74) is 7.68. The summed E-state index contributed by atoms with van der Waals surface area (Å²) >= 11 is 5.99. The zero-order valence-electron chi connectivity index (χ0n) is 10.8. The third-order valence-electron chi connectivity index (χ3n) is 2.92. The summed E-state index contributed by atoms with van der Waals surface area (Å²) < 4.78 is 0. The van der Waals surface area contributed by atoms with Gasteiger partial charge in [0, 0.05) is 11.1 Å². The van der Waals surface area contributed by atoms with Crippen molar-refractivity contribution in [1.82, 2.24) is 0 Å². The fourth-order valence-corrected chi connectivity index (χ4v) is 2.13. The minimum atomic E-state index is 0.501. The van der Waals surface area contributed by atoms with Crippen molar-refractivity contribution < 1.29 is 0 Å². The van der Waals surface area contributed by atoms with Gasteiger partial charge in [-0.3, -0.25) is 0 Å². The van der Waals surface area contributed by atoms with E-state index in [-0.39, 0.29) is 0 Å². The highest BCUT2D eigenvalue weighted by molar-refractivity contribution is 6.31.